The SMILES string of the molecule is Cc1ccc(C2=CC=CC[N+]2(C)C)cc1. The Bertz CT molecular complexity index is 407. The van der Waals surface area contributed by atoms with Gasteiger partial charge < -0.3 is 0 Å². The molecule has 1 aliphatic rings. The van der Waals surface area contributed by atoms with Crippen molar-refractivity contribution in [3.05, 3.63) is 53.6 Å². The van der Waals surface area contributed by atoms with Crippen molar-refractivity contribution in [2.24, 2.45) is 0 Å². The van der Waals surface area contributed by atoms with Crippen molar-refractivity contribution in [3.63, 3.8) is 0 Å². The molecule has 0 aromatic heterocycles. The van der Waals surface area contributed by atoms with E-state index in [-0.39, 0.29) is 0 Å². The van der Waals surface area contributed by atoms with E-state index in [9.17, 15) is 0 Å². The molecule has 15 heavy (non-hydrogen) atoms. The Hall–Kier alpha value is -1.34. The fraction of sp³-hybridized carbons (Fsp3) is 0.286. The second-order valence-corrected chi connectivity index (χ2v) is 4.71. The van der Waals surface area contributed by atoms with Gasteiger partial charge in [0.25, 0.3) is 0 Å². The first-order valence-electron chi connectivity index (χ1n) is 5.37. The first-order chi connectivity index (χ1) is 7.09. The van der Waals surface area contributed by atoms with Gasteiger partial charge in [-0.05, 0) is 31.2 Å². The van der Waals surface area contributed by atoms with Crippen molar-refractivity contribution >= 4 is 5.70 Å². The molecule has 0 atom stereocenters. The lowest BCUT2D eigenvalue weighted by Gasteiger charge is -2.32. The molecule has 1 aromatic rings. The van der Waals surface area contributed by atoms with Gasteiger partial charge in [0.1, 0.15) is 12.2 Å². The Kier molecular flexibility index (Phi) is 2.49. The van der Waals surface area contributed by atoms with E-state index in [0.29, 0.717) is 0 Å². The van der Waals surface area contributed by atoms with E-state index in [0.717, 1.165) is 11.0 Å². The fourth-order valence-electron chi connectivity index (χ4n) is 1.95. The van der Waals surface area contributed by atoms with Crippen molar-refractivity contribution in [3.8, 4) is 0 Å². The highest BCUT2D eigenvalue weighted by Gasteiger charge is 2.23. The van der Waals surface area contributed by atoms with Gasteiger partial charge in [-0.1, -0.05) is 23.8 Å². The van der Waals surface area contributed by atoms with Crippen LogP contribution in [0, 0.1) is 6.92 Å². The molecule has 0 amide bonds. The minimum atomic E-state index is 0.930. The van der Waals surface area contributed by atoms with E-state index in [1.807, 2.05) is 0 Å². The number of nitrogens with zero attached hydrogens (tertiary/aromatic N) is 1. The Morgan fingerprint density at radius 2 is 1.73 bits per heavy atom. The summed E-state index contributed by atoms with van der Waals surface area (Å²) in [6, 6.07) is 8.77. The molecule has 0 N–H and O–H groups in total. The molecule has 1 heterocycles. The monoisotopic (exact) mass is 200 g/mol. The number of allylic oxidation sites excluding steroid dienone is 2. The molecule has 0 saturated heterocycles. The molecule has 0 radical (unpaired) electrons. The van der Waals surface area contributed by atoms with Crippen LogP contribution in [0.1, 0.15) is 11.1 Å². The van der Waals surface area contributed by atoms with E-state index in [2.05, 4.69) is 63.5 Å². The largest absolute Gasteiger partial charge is 0.292 e. The summed E-state index contributed by atoms with van der Waals surface area (Å²) in [6.45, 7) is 3.19. The molecule has 0 bridgehead atoms. The summed E-state index contributed by atoms with van der Waals surface area (Å²) in [4.78, 5) is 0. The van der Waals surface area contributed by atoms with Crippen molar-refractivity contribution in [1.29, 1.82) is 0 Å². The van der Waals surface area contributed by atoms with Gasteiger partial charge in [-0.15, -0.1) is 0 Å². The summed E-state index contributed by atoms with van der Waals surface area (Å²) < 4.78 is 0.930. The van der Waals surface area contributed by atoms with Gasteiger partial charge in [0.05, 0.1) is 14.1 Å². The summed E-state index contributed by atoms with van der Waals surface area (Å²) in [7, 11) is 4.49. The van der Waals surface area contributed by atoms with Crippen molar-refractivity contribution in [2.75, 3.05) is 20.6 Å². The molecule has 1 heteroatoms. The summed E-state index contributed by atoms with van der Waals surface area (Å²) in [6.07, 6.45) is 6.59. The Morgan fingerprint density at radius 3 is 2.33 bits per heavy atom. The van der Waals surface area contributed by atoms with E-state index in [1.165, 1.54) is 16.8 Å². The number of likely N-dealkylation sites (N-methyl/N-ethyl adjacent to an activating group) is 1. The molecule has 1 aliphatic heterocycles. The summed E-state index contributed by atoms with van der Waals surface area (Å²) in [5.41, 5.74) is 4.03. The lowest BCUT2D eigenvalue weighted by molar-refractivity contribution is -0.812. The molecular weight excluding hydrogens is 182 g/mol. The van der Waals surface area contributed by atoms with Gasteiger partial charge in [0, 0.05) is 5.56 Å². The first-order valence-corrected chi connectivity index (χ1v) is 5.37. The third kappa shape index (κ3) is 2.02. The highest BCUT2D eigenvalue weighted by molar-refractivity contribution is 5.62. The number of hydrogen-bond donors (Lipinski definition) is 0. The van der Waals surface area contributed by atoms with Gasteiger partial charge in [0.2, 0.25) is 0 Å². The molecule has 78 valence electrons. The van der Waals surface area contributed by atoms with Crippen LogP contribution in [-0.2, 0) is 0 Å². The topological polar surface area (TPSA) is 0 Å². The molecule has 0 saturated carbocycles. The minimum Gasteiger partial charge on any atom is -0.292 e. The second kappa shape index (κ2) is 3.67. The molecule has 1 aromatic carbocycles. The standard InChI is InChI=1S/C14H18N/c1-12-7-9-13(10-8-12)14-6-4-5-11-15(14,2)3/h4-10H,11H2,1-3H3/q+1. The summed E-state index contributed by atoms with van der Waals surface area (Å²) in [5, 5.41) is 0. The lowest BCUT2D eigenvalue weighted by Crippen LogP contribution is -2.38. The van der Waals surface area contributed by atoms with Gasteiger partial charge in [0.15, 0.2) is 0 Å². The van der Waals surface area contributed by atoms with Crippen LogP contribution in [0.15, 0.2) is 42.5 Å². The van der Waals surface area contributed by atoms with Gasteiger partial charge in [-0.25, -0.2) is 0 Å². The van der Waals surface area contributed by atoms with Crippen LogP contribution in [0.4, 0.5) is 0 Å². The predicted molar refractivity (Wildman–Crippen MR) is 65.3 cm³/mol. The Labute approximate surface area is 91.9 Å². The number of benzene rings is 1. The Morgan fingerprint density at radius 1 is 1.07 bits per heavy atom. The number of aryl methyl sites for hydroxylation is 1. The fourth-order valence-corrected chi connectivity index (χ4v) is 1.95. The molecule has 1 nitrogen and oxygen atoms in total. The maximum absolute atomic E-state index is 2.25. The third-order valence-corrected chi connectivity index (χ3v) is 2.95. The zero-order chi connectivity index (χ0) is 10.9. The summed E-state index contributed by atoms with van der Waals surface area (Å²) >= 11 is 0. The lowest BCUT2D eigenvalue weighted by atomic mass is 10.1. The van der Waals surface area contributed by atoms with Gasteiger partial charge >= 0.3 is 0 Å². The molecule has 2 rings (SSSR count). The number of hydrogen-bond acceptors (Lipinski definition) is 0. The van der Waals surface area contributed by atoms with Gasteiger partial charge in [-0.2, -0.15) is 0 Å². The van der Waals surface area contributed by atoms with E-state index >= 15 is 0 Å². The quantitative estimate of drug-likeness (QED) is 0.611. The molecule has 0 fully saturated rings. The van der Waals surface area contributed by atoms with Crippen LogP contribution in [0.2, 0.25) is 0 Å². The maximum Gasteiger partial charge on any atom is 0.139 e. The third-order valence-electron chi connectivity index (χ3n) is 2.95. The highest BCUT2D eigenvalue weighted by atomic mass is 15.3. The van der Waals surface area contributed by atoms with E-state index in [1.54, 1.807) is 0 Å². The van der Waals surface area contributed by atoms with E-state index < -0.39 is 0 Å². The van der Waals surface area contributed by atoms with Crippen molar-refractivity contribution in [1.82, 2.24) is 0 Å². The van der Waals surface area contributed by atoms with Crippen LogP contribution < -0.4 is 0 Å². The second-order valence-electron chi connectivity index (χ2n) is 4.71. The van der Waals surface area contributed by atoms with Crippen LogP contribution in [0.25, 0.3) is 5.70 Å². The normalized spacial score (nSPS) is 18.7. The van der Waals surface area contributed by atoms with Crippen LogP contribution in [0.3, 0.4) is 0 Å². The number of rotatable bonds is 1. The predicted octanol–water partition coefficient (Wildman–Crippen LogP) is 2.98. The molecule has 0 spiro atoms. The van der Waals surface area contributed by atoms with Crippen LogP contribution in [0.5, 0.6) is 0 Å². The minimum absolute atomic E-state index is 0.930. The van der Waals surface area contributed by atoms with Crippen molar-refractivity contribution in [2.45, 2.75) is 6.92 Å². The zero-order valence-electron chi connectivity index (χ0n) is 9.70. The summed E-state index contributed by atoms with van der Waals surface area (Å²) in [5.74, 6) is 0. The average molecular weight is 200 g/mol. The molecule has 0 unspecified atom stereocenters. The van der Waals surface area contributed by atoms with Crippen molar-refractivity contribution < 1.29 is 4.48 Å². The van der Waals surface area contributed by atoms with Crippen LogP contribution in [-0.4, -0.2) is 25.1 Å². The Balaban J connectivity index is 2.41. The molecular formula is C14H18N+. The average Bonchev–Trinajstić information content (AvgIpc) is 2.19. The molecule has 0 aliphatic carbocycles. The van der Waals surface area contributed by atoms with Crippen LogP contribution >= 0.6 is 0 Å². The zero-order valence-corrected chi connectivity index (χ0v) is 9.70. The van der Waals surface area contributed by atoms with E-state index in [4.69, 9.17) is 0 Å². The first kappa shape index (κ1) is 10.2. The number of quaternary nitrogens is 1. The highest BCUT2D eigenvalue weighted by Crippen LogP contribution is 2.26. The van der Waals surface area contributed by atoms with Gasteiger partial charge in [-0.3, -0.25) is 4.48 Å². The smallest absolute Gasteiger partial charge is 0.139 e. The maximum atomic E-state index is 2.25.